The molecule has 2 aromatic heterocycles. The third kappa shape index (κ3) is 4.02. The van der Waals surface area contributed by atoms with Crippen LogP contribution in [0.25, 0.3) is 0 Å². The first kappa shape index (κ1) is 18.9. The Balaban J connectivity index is 1.47. The van der Waals surface area contributed by atoms with Crippen LogP contribution in [0.15, 0.2) is 35.5 Å². The fourth-order valence-corrected chi connectivity index (χ4v) is 4.33. The molecule has 2 fully saturated rings. The summed E-state index contributed by atoms with van der Waals surface area (Å²) in [6.07, 6.45) is 4.64. The number of anilines is 3. The van der Waals surface area contributed by atoms with Crippen molar-refractivity contribution in [2.75, 3.05) is 73.4 Å². The first-order chi connectivity index (χ1) is 13.5. The molecule has 4 rings (SSSR count). The Labute approximate surface area is 164 Å². The van der Waals surface area contributed by atoms with Gasteiger partial charge in [0, 0.05) is 57.9 Å². The van der Waals surface area contributed by atoms with E-state index in [1.54, 1.807) is 24.5 Å². The predicted molar refractivity (Wildman–Crippen MR) is 107 cm³/mol. The second kappa shape index (κ2) is 7.88. The van der Waals surface area contributed by atoms with Gasteiger partial charge in [-0.25, -0.2) is 18.4 Å². The molecule has 0 unspecified atom stereocenters. The van der Waals surface area contributed by atoms with Gasteiger partial charge in [0.25, 0.3) is 0 Å². The van der Waals surface area contributed by atoms with Gasteiger partial charge in [0.05, 0.1) is 13.2 Å². The largest absolute Gasteiger partial charge is 0.378 e. The molecule has 0 atom stereocenters. The van der Waals surface area contributed by atoms with Crippen molar-refractivity contribution in [1.29, 1.82) is 0 Å². The van der Waals surface area contributed by atoms with E-state index in [2.05, 4.69) is 19.8 Å². The fourth-order valence-electron chi connectivity index (χ4n) is 3.49. The van der Waals surface area contributed by atoms with Gasteiger partial charge in [-0.2, -0.15) is 4.98 Å². The molecule has 0 spiro atoms. The molecule has 2 aliphatic heterocycles. The van der Waals surface area contributed by atoms with Crippen LogP contribution in [-0.2, 0) is 14.6 Å². The summed E-state index contributed by atoms with van der Waals surface area (Å²) in [5.74, 6) is 2.14. The Hall–Kier alpha value is -2.46. The van der Waals surface area contributed by atoms with Crippen LogP contribution in [-0.4, -0.2) is 82.1 Å². The van der Waals surface area contributed by atoms with Crippen molar-refractivity contribution in [2.45, 2.75) is 4.90 Å². The fraction of sp³-hybridized carbons (Fsp3) is 0.500. The smallest absolute Gasteiger partial charge is 0.227 e. The number of piperazine rings is 1. The van der Waals surface area contributed by atoms with E-state index in [9.17, 15) is 8.42 Å². The highest BCUT2D eigenvalue weighted by molar-refractivity contribution is 7.90. The first-order valence-electron chi connectivity index (χ1n) is 9.33. The van der Waals surface area contributed by atoms with Crippen molar-refractivity contribution in [3.05, 3.63) is 30.6 Å². The monoisotopic (exact) mass is 404 g/mol. The van der Waals surface area contributed by atoms with E-state index < -0.39 is 9.84 Å². The molecule has 0 saturated carbocycles. The molecule has 0 aliphatic carbocycles. The summed E-state index contributed by atoms with van der Waals surface area (Å²) in [6, 6.07) is 5.19. The Morgan fingerprint density at radius 2 is 1.61 bits per heavy atom. The number of aromatic nitrogens is 3. The first-order valence-corrected chi connectivity index (χ1v) is 11.2. The minimum absolute atomic E-state index is 0.272. The zero-order chi connectivity index (χ0) is 19.6. The standard InChI is InChI=1S/C18H24N6O3S/c1-28(25,26)15-3-2-5-19-17(15)23-7-9-24(10-8-23)18-20-6-4-16(21-18)22-11-13-27-14-12-22/h2-6H,7-14H2,1H3. The lowest BCUT2D eigenvalue weighted by Crippen LogP contribution is -2.48. The van der Waals surface area contributed by atoms with Crippen molar-refractivity contribution in [2.24, 2.45) is 0 Å². The maximum atomic E-state index is 12.1. The average Bonchev–Trinajstić information content (AvgIpc) is 2.74. The average molecular weight is 404 g/mol. The van der Waals surface area contributed by atoms with Crippen molar-refractivity contribution >= 4 is 27.4 Å². The summed E-state index contributed by atoms with van der Waals surface area (Å²) in [4.78, 5) is 20.1. The molecule has 0 bridgehead atoms. The van der Waals surface area contributed by atoms with Crippen LogP contribution in [0.3, 0.4) is 0 Å². The predicted octanol–water partition coefficient (Wildman–Crippen LogP) is 0.438. The van der Waals surface area contributed by atoms with Crippen LogP contribution in [0.4, 0.5) is 17.6 Å². The van der Waals surface area contributed by atoms with Crippen molar-refractivity contribution in [3.63, 3.8) is 0 Å². The summed E-state index contributed by atoms with van der Waals surface area (Å²) in [5, 5.41) is 0. The van der Waals surface area contributed by atoms with Crippen molar-refractivity contribution < 1.29 is 13.2 Å². The lowest BCUT2D eigenvalue weighted by molar-refractivity contribution is 0.122. The van der Waals surface area contributed by atoms with Crippen LogP contribution < -0.4 is 14.7 Å². The lowest BCUT2D eigenvalue weighted by atomic mass is 10.3. The van der Waals surface area contributed by atoms with Gasteiger partial charge < -0.3 is 19.4 Å². The van der Waals surface area contributed by atoms with Gasteiger partial charge in [0.2, 0.25) is 5.95 Å². The maximum absolute atomic E-state index is 12.1. The number of ether oxygens (including phenoxy) is 1. The molecule has 2 aromatic rings. The molecule has 0 N–H and O–H groups in total. The zero-order valence-corrected chi connectivity index (χ0v) is 16.7. The number of pyridine rings is 1. The van der Waals surface area contributed by atoms with Crippen LogP contribution in [0.5, 0.6) is 0 Å². The van der Waals surface area contributed by atoms with Crippen LogP contribution >= 0.6 is 0 Å². The summed E-state index contributed by atoms with van der Waals surface area (Å²) in [5.41, 5.74) is 0. The van der Waals surface area contributed by atoms with Gasteiger partial charge in [0.15, 0.2) is 9.84 Å². The second-order valence-electron chi connectivity index (χ2n) is 6.89. The minimum Gasteiger partial charge on any atom is -0.378 e. The SMILES string of the molecule is CS(=O)(=O)c1cccnc1N1CCN(c2nccc(N3CCOCC3)n2)CC1. The molecule has 150 valence electrons. The molecule has 28 heavy (non-hydrogen) atoms. The molecule has 10 heteroatoms. The molecule has 4 heterocycles. The Kier molecular flexibility index (Phi) is 5.31. The van der Waals surface area contributed by atoms with Gasteiger partial charge in [-0.3, -0.25) is 0 Å². The Morgan fingerprint density at radius 1 is 0.893 bits per heavy atom. The van der Waals surface area contributed by atoms with Crippen LogP contribution in [0, 0.1) is 0 Å². The van der Waals surface area contributed by atoms with E-state index in [4.69, 9.17) is 9.72 Å². The highest BCUT2D eigenvalue weighted by atomic mass is 32.2. The number of nitrogens with zero attached hydrogens (tertiary/aromatic N) is 6. The number of morpholine rings is 1. The molecule has 9 nitrogen and oxygen atoms in total. The van der Waals surface area contributed by atoms with Gasteiger partial charge >= 0.3 is 0 Å². The summed E-state index contributed by atoms with van der Waals surface area (Å²) >= 11 is 0. The molecule has 0 radical (unpaired) electrons. The van der Waals surface area contributed by atoms with Crippen molar-refractivity contribution in [1.82, 2.24) is 15.0 Å². The summed E-state index contributed by atoms with van der Waals surface area (Å²) in [7, 11) is -3.32. The van der Waals surface area contributed by atoms with E-state index in [0.29, 0.717) is 51.2 Å². The maximum Gasteiger partial charge on any atom is 0.227 e. The van der Waals surface area contributed by atoms with Crippen LogP contribution in [0.2, 0.25) is 0 Å². The number of hydrogen-bond donors (Lipinski definition) is 0. The zero-order valence-electron chi connectivity index (χ0n) is 15.9. The number of sulfone groups is 1. The van der Waals surface area contributed by atoms with Crippen LogP contribution in [0.1, 0.15) is 0 Å². The van der Waals surface area contributed by atoms with Crippen molar-refractivity contribution in [3.8, 4) is 0 Å². The number of rotatable bonds is 4. The molecule has 0 amide bonds. The van der Waals surface area contributed by atoms with E-state index in [1.165, 1.54) is 6.26 Å². The molecule has 2 saturated heterocycles. The van der Waals surface area contributed by atoms with Gasteiger partial charge in [0.1, 0.15) is 16.5 Å². The normalized spacial score (nSPS) is 18.4. The molecule has 2 aliphatic rings. The molecular formula is C18H24N6O3S. The molecule has 0 aromatic carbocycles. The summed E-state index contributed by atoms with van der Waals surface area (Å²) in [6.45, 7) is 5.81. The lowest BCUT2D eigenvalue weighted by Gasteiger charge is -2.36. The Morgan fingerprint density at radius 3 is 2.32 bits per heavy atom. The Bertz CT molecular complexity index is 924. The topological polar surface area (TPSA) is 91.8 Å². The highest BCUT2D eigenvalue weighted by Gasteiger charge is 2.25. The number of hydrogen-bond acceptors (Lipinski definition) is 9. The second-order valence-corrected chi connectivity index (χ2v) is 8.87. The van der Waals surface area contributed by atoms with E-state index >= 15 is 0 Å². The van der Waals surface area contributed by atoms with E-state index in [0.717, 1.165) is 18.9 Å². The van der Waals surface area contributed by atoms with Gasteiger partial charge in [-0.15, -0.1) is 0 Å². The van der Waals surface area contributed by atoms with E-state index in [1.807, 2.05) is 11.0 Å². The third-order valence-electron chi connectivity index (χ3n) is 4.98. The quantitative estimate of drug-likeness (QED) is 0.720. The van der Waals surface area contributed by atoms with Gasteiger partial charge in [-0.05, 0) is 18.2 Å². The van der Waals surface area contributed by atoms with Gasteiger partial charge in [-0.1, -0.05) is 0 Å². The minimum atomic E-state index is -3.32. The summed E-state index contributed by atoms with van der Waals surface area (Å²) < 4.78 is 29.5. The highest BCUT2D eigenvalue weighted by Crippen LogP contribution is 2.24. The molecular weight excluding hydrogens is 380 g/mol. The van der Waals surface area contributed by atoms with E-state index in [-0.39, 0.29) is 4.90 Å². The third-order valence-corrected chi connectivity index (χ3v) is 6.09.